The Bertz CT molecular complexity index is 1210. The van der Waals surface area contributed by atoms with Crippen LogP contribution in [0.2, 0.25) is 5.02 Å². The highest BCUT2D eigenvalue weighted by atomic mass is 35.5. The second kappa shape index (κ2) is 10.8. The lowest BCUT2D eigenvalue weighted by molar-refractivity contribution is 0.0728. The summed E-state index contributed by atoms with van der Waals surface area (Å²) in [5.74, 6) is 0.933. The van der Waals surface area contributed by atoms with Gasteiger partial charge >= 0.3 is 0 Å². The summed E-state index contributed by atoms with van der Waals surface area (Å²) in [5.41, 5.74) is 2.31. The first-order chi connectivity index (χ1) is 15.9. The molecule has 2 heterocycles. The quantitative estimate of drug-likeness (QED) is 0.549. The maximum Gasteiger partial charge on any atom is 0.293 e. The van der Waals surface area contributed by atoms with Gasteiger partial charge in [-0.15, -0.1) is 17.1 Å². The fraction of sp³-hybridized carbons (Fsp3) is 0.292. The lowest BCUT2D eigenvalue weighted by Crippen LogP contribution is -2.42. The lowest BCUT2D eigenvalue weighted by Gasteiger charge is -2.29. The van der Waals surface area contributed by atoms with Crippen LogP contribution in [-0.2, 0) is 13.0 Å². The maximum atomic E-state index is 13.2. The molecule has 8 nitrogen and oxygen atoms in total. The molecule has 2 aromatic carbocycles. The number of fused-ring (bicyclic) bond motifs is 1. The number of rotatable bonds is 6. The van der Waals surface area contributed by atoms with Gasteiger partial charge in [-0.05, 0) is 48.9 Å². The number of carbonyl (C=O) groups excluding carboxylic acids is 1. The first-order valence-electron chi connectivity index (χ1n) is 10.6. The molecule has 1 N–H and O–H groups in total. The molecule has 4 rings (SSSR count). The molecular formula is C24H26Cl2N4O4. The van der Waals surface area contributed by atoms with Crippen molar-refractivity contribution in [2.45, 2.75) is 25.9 Å². The van der Waals surface area contributed by atoms with Crippen LogP contribution in [0.5, 0.6) is 5.75 Å². The van der Waals surface area contributed by atoms with Gasteiger partial charge in [0.2, 0.25) is 5.95 Å². The van der Waals surface area contributed by atoms with E-state index in [0.717, 1.165) is 16.0 Å². The zero-order valence-corrected chi connectivity index (χ0v) is 20.7. The predicted octanol–water partition coefficient (Wildman–Crippen LogP) is 3.76. The Morgan fingerprint density at radius 2 is 1.79 bits per heavy atom. The largest absolute Gasteiger partial charge is 0.497 e. The smallest absolute Gasteiger partial charge is 0.293 e. The molecule has 1 atom stereocenters. The monoisotopic (exact) mass is 504 g/mol. The summed E-state index contributed by atoms with van der Waals surface area (Å²) < 4.78 is 6.34. The van der Waals surface area contributed by atoms with Crippen molar-refractivity contribution in [3.63, 3.8) is 0 Å². The number of nitrogens with zero attached hydrogens (tertiary/aromatic N) is 3. The van der Waals surface area contributed by atoms with Gasteiger partial charge in [0.25, 0.3) is 11.5 Å². The standard InChI is InChI=1S/C24H25ClN4O4.ClH/c1-15(16-6-10-19(32-2)11-7-16)26-24-27-21-12-13-28(14-20(21)23(31)29(24)33-3)22(30)17-4-8-18(25)9-5-17;/h4-11,15H,12-14H2,1-3H3,(H,26,27);1H/t15-;/m0./s1. The number of ether oxygens (including phenoxy) is 1. The maximum absolute atomic E-state index is 13.2. The number of carbonyl (C=O) groups is 1. The van der Waals surface area contributed by atoms with Crippen LogP contribution in [-0.4, -0.2) is 41.3 Å². The highest BCUT2D eigenvalue weighted by Crippen LogP contribution is 2.23. The van der Waals surface area contributed by atoms with E-state index in [9.17, 15) is 9.59 Å². The predicted molar refractivity (Wildman–Crippen MR) is 133 cm³/mol. The van der Waals surface area contributed by atoms with Crippen molar-refractivity contribution in [2.75, 3.05) is 26.1 Å². The molecule has 0 radical (unpaired) electrons. The molecule has 180 valence electrons. The Hall–Kier alpha value is -3.23. The molecule has 0 spiro atoms. The number of amides is 1. The second-order valence-electron chi connectivity index (χ2n) is 7.77. The van der Waals surface area contributed by atoms with Gasteiger partial charge < -0.3 is 19.8 Å². The number of benzene rings is 2. The molecule has 0 saturated carbocycles. The van der Waals surface area contributed by atoms with Crippen LogP contribution in [0.15, 0.2) is 53.3 Å². The van der Waals surface area contributed by atoms with E-state index in [0.29, 0.717) is 40.8 Å². The Morgan fingerprint density at radius 3 is 2.41 bits per heavy atom. The minimum atomic E-state index is -0.333. The summed E-state index contributed by atoms with van der Waals surface area (Å²) in [6.45, 7) is 2.60. The molecular weight excluding hydrogens is 479 g/mol. The number of nitrogens with one attached hydrogen (secondary N) is 1. The van der Waals surface area contributed by atoms with Crippen LogP contribution in [0.4, 0.5) is 5.95 Å². The van der Waals surface area contributed by atoms with Crippen LogP contribution in [0.25, 0.3) is 0 Å². The Kier molecular flexibility index (Phi) is 8.06. The lowest BCUT2D eigenvalue weighted by atomic mass is 10.1. The molecule has 1 amide bonds. The van der Waals surface area contributed by atoms with Crippen LogP contribution >= 0.6 is 24.0 Å². The van der Waals surface area contributed by atoms with Crippen molar-refractivity contribution in [3.05, 3.63) is 86.3 Å². The van der Waals surface area contributed by atoms with E-state index in [1.807, 2.05) is 31.2 Å². The third-order valence-corrected chi connectivity index (χ3v) is 5.97. The average Bonchev–Trinajstić information content (AvgIpc) is 2.84. The summed E-state index contributed by atoms with van der Waals surface area (Å²) in [7, 11) is 3.04. The number of anilines is 1. The van der Waals surface area contributed by atoms with Crippen LogP contribution in [0.1, 0.15) is 40.1 Å². The molecule has 10 heteroatoms. The molecule has 1 aliphatic heterocycles. The van der Waals surface area contributed by atoms with E-state index in [4.69, 9.17) is 21.2 Å². The Balaban J connectivity index is 0.00000324. The second-order valence-corrected chi connectivity index (χ2v) is 8.20. The summed E-state index contributed by atoms with van der Waals surface area (Å²) in [6.07, 6.45) is 0.472. The normalized spacial score (nSPS) is 13.4. The van der Waals surface area contributed by atoms with E-state index in [2.05, 4.69) is 10.3 Å². The van der Waals surface area contributed by atoms with Crippen LogP contribution < -0.4 is 20.5 Å². The summed E-state index contributed by atoms with van der Waals surface area (Å²) >= 11 is 5.92. The van der Waals surface area contributed by atoms with Gasteiger partial charge in [0, 0.05) is 23.6 Å². The SMILES string of the molecule is COc1ccc([C@H](C)Nc2nc3c(c(=O)n2OC)CN(C(=O)c2ccc(Cl)cc2)CC3)cc1.Cl. The van der Waals surface area contributed by atoms with Crippen molar-refractivity contribution in [2.24, 2.45) is 0 Å². The van der Waals surface area contributed by atoms with Crippen LogP contribution in [0, 0.1) is 0 Å². The third-order valence-electron chi connectivity index (χ3n) is 5.71. The minimum Gasteiger partial charge on any atom is -0.497 e. The average molecular weight is 505 g/mol. The van der Waals surface area contributed by atoms with Crippen molar-refractivity contribution in [1.82, 2.24) is 14.6 Å². The molecule has 1 aliphatic rings. The minimum absolute atomic E-state index is 0. The first kappa shape index (κ1) is 25.4. The first-order valence-corrected chi connectivity index (χ1v) is 10.9. The zero-order chi connectivity index (χ0) is 23.5. The molecule has 0 unspecified atom stereocenters. The van der Waals surface area contributed by atoms with E-state index < -0.39 is 0 Å². The molecule has 1 aromatic heterocycles. The molecule has 0 bridgehead atoms. The van der Waals surface area contributed by atoms with Gasteiger partial charge in [0.05, 0.1) is 31.0 Å². The Labute approximate surface area is 208 Å². The van der Waals surface area contributed by atoms with E-state index in [1.54, 1.807) is 36.3 Å². The topological polar surface area (TPSA) is 85.7 Å². The van der Waals surface area contributed by atoms with E-state index >= 15 is 0 Å². The molecule has 0 aliphatic carbocycles. The molecule has 0 saturated heterocycles. The molecule has 3 aromatic rings. The molecule has 34 heavy (non-hydrogen) atoms. The van der Waals surface area contributed by atoms with Crippen molar-refractivity contribution in [1.29, 1.82) is 0 Å². The number of halogens is 2. The zero-order valence-electron chi connectivity index (χ0n) is 19.1. The van der Waals surface area contributed by atoms with Crippen molar-refractivity contribution >= 4 is 35.9 Å². The van der Waals surface area contributed by atoms with Gasteiger partial charge in [-0.3, -0.25) is 9.59 Å². The Morgan fingerprint density at radius 1 is 1.12 bits per heavy atom. The highest BCUT2D eigenvalue weighted by molar-refractivity contribution is 6.30. The third kappa shape index (κ3) is 5.13. The van der Waals surface area contributed by atoms with Gasteiger partial charge in [0.1, 0.15) is 12.9 Å². The summed E-state index contributed by atoms with van der Waals surface area (Å²) in [6, 6.07) is 14.2. The highest BCUT2D eigenvalue weighted by Gasteiger charge is 2.27. The fourth-order valence-corrected chi connectivity index (χ4v) is 3.96. The number of hydrogen-bond acceptors (Lipinski definition) is 6. The van der Waals surface area contributed by atoms with Gasteiger partial charge in [0.15, 0.2) is 0 Å². The fourth-order valence-electron chi connectivity index (χ4n) is 3.84. The number of aromatic nitrogens is 2. The summed E-state index contributed by atoms with van der Waals surface area (Å²) in [5, 5.41) is 3.83. The van der Waals surface area contributed by atoms with Crippen LogP contribution in [0.3, 0.4) is 0 Å². The van der Waals surface area contributed by atoms with E-state index in [1.165, 1.54) is 7.11 Å². The van der Waals surface area contributed by atoms with Crippen molar-refractivity contribution < 1.29 is 14.4 Å². The summed E-state index contributed by atoms with van der Waals surface area (Å²) in [4.78, 5) is 37.8. The number of methoxy groups -OCH3 is 1. The van der Waals surface area contributed by atoms with Gasteiger partial charge in [-0.2, -0.15) is 0 Å². The number of hydrogen-bond donors (Lipinski definition) is 1. The van der Waals surface area contributed by atoms with Gasteiger partial charge in [-0.1, -0.05) is 23.7 Å². The van der Waals surface area contributed by atoms with Gasteiger partial charge in [-0.25, -0.2) is 4.98 Å². The van der Waals surface area contributed by atoms with E-state index in [-0.39, 0.29) is 36.5 Å². The van der Waals surface area contributed by atoms with Crippen molar-refractivity contribution in [3.8, 4) is 5.75 Å². The molecule has 0 fully saturated rings.